The number of anilines is 1. The van der Waals surface area contributed by atoms with Gasteiger partial charge < -0.3 is 11.5 Å². The molecule has 1 aliphatic carbocycles. The summed E-state index contributed by atoms with van der Waals surface area (Å²) >= 11 is 0. The normalized spacial score (nSPS) is 14.9. The van der Waals surface area contributed by atoms with Gasteiger partial charge in [-0.25, -0.2) is 9.97 Å². The highest BCUT2D eigenvalue weighted by Crippen LogP contribution is 2.39. The van der Waals surface area contributed by atoms with Crippen molar-refractivity contribution in [1.29, 1.82) is 0 Å². The number of nitrogens with zero attached hydrogens (tertiary/aromatic N) is 2. The Labute approximate surface area is 87.2 Å². The van der Waals surface area contributed by atoms with Crippen molar-refractivity contribution >= 4 is 17.3 Å². The molecular weight excluding hydrogens is 192 g/mol. The van der Waals surface area contributed by atoms with Gasteiger partial charge in [0.2, 0.25) is 5.91 Å². The van der Waals surface area contributed by atoms with Crippen molar-refractivity contribution < 1.29 is 4.79 Å². The van der Waals surface area contributed by atoms with Crippen molar-refractivity contribution in [2.45, 2.75) is 18.8 Å². The maximum absolute atomic E-state index is 10.9. The van der Waals surface area contributed by atoms with Gasteiger partial charge in [0.05, 0.1) is 17.5 Å². The van der Waals surface area contributed by atoms with Crippen LogP contribution in [0.3, 0.4) is 0 Å². The molecule has 1 aromatic heterocycles. The highest BCUT2D eigenvalue weighted by atomic mass is 16.1. The van der Waals surface area contributed by atoms with Gasteiger partial charge in [-0.05, 0) is 12.8 Å². The lowest BCUT2D eigenvalue weighted by atomic mass is 10.2. The number of primary amides is 1. The zero-order chi connectivity index (χ0) is 11.0. The molecule has 1 fully saturated rings. The first kappa shape index (κ1) is 9.64. The number of rotatable bonds is 3. The average molecular weight is 204 g/mol. The van der Waals surface area contributed by atoms with E-state index in [4.69, 9.17) is 11.5 Å². The van der Waals surface area contributed by atoms with E-state index < -0.39 is 5.91 Å². The third-order valence-corrected chi connectivity index (χ3v) is 2.40. The summed E-state index contributed by atoms with van der Waals surface area (Å²) in [5.74, 6) is 0.0321. The van der Waals surface area contributed by atoms with Gasteiger partial charge in [0, 0.05) is 5.92 Å². The topological polar surface area (TPSA) is 94.9 Å². The molecule has 1 saturated carbocycles. The molecule has 0 aliphatic heterocycles. The minimum Gasteiger partial charge on any atom is -0.382 e. The van der Waals surface area contributed by atoms with Crippen molar-refractivity contribution in [3.05, 3.63) is 24.2 Å². The third kappa shape index (κ3) is 1.81. The summed E-state index contributed by atoms with van der Waals surface area (Å²) in [4.78, 5) is 19.2. The van der Waals surface area contributed by atoms with Gasteiger partial charge in [-0.2, -0.15) is 0 Å². The van der Waals surface area contributed by atoms with Gasteiger partial charge in [-0.1, -0.05) is 6.58 Å². The van der Waals surface area contributed by atoms with Crippen LogP contribution in [0.5, 0.6) is 0 Å². The van der Waals surface area contributed by atoms with Gasteiger partial charge >= 0.3 is 0 Å². The Balaban J connectivity index is 2.40. The molecule has 0 unspecified atom stereocenters. The number of nitrogens with two attached hydrogens (primary N) is 2. The predicted molar refractivity (Wildman–Crippen MR) is 56.6 cm³/mol. The van der Waals surface area contributed by atoms with Crippen molar-refractivity contribution in [3.63, 3.8) is 0 Å². The van der Waals surface area contributed by atoms with Crippen LogP contribution < -0.4 is 11.5 Å². The van der Waals surface area contributed by atoms with Crippen LogP contribution in [0.2, 0.25) is 0 Å². The first-order valence-electron chi connectivity index (χ1n) is 4.71. The van der Waals surface area contributed by atoms with E-state index in [1.165, 1.54) is 0 Å². The van der Waals surface area contributed by atoms with Gasteiger partial charge in [0.15, 0.2) is 0 Å². The van der Waals surface area contributed by atoms with E-state index in [0.29, 0.717) is 11.6 Å². The van der Waals surface area contributed by atoms with E-state index in [0.717, 1.165) is 18.5 Å². The summed E-state index contributed by atoms with van der Waals surface area (Å²) in [6, 6.07) is 0. The van der Waals surface area contributed by atoms with Crippen molar-refractivity contribution in [3.8, 4) is 0 Å². The first-order valence-corrected chi connectivity index (χ1v) is 4.71. The lowest BCUT2D eigenvalue weighted by Gasteiger charge is -2.06. The quantitative estimate of drug-likeness (QED) is 0.698. The molecule has 0 atom stereocenters. The Morgan fingerprint density at radius 2 is 2.20 bits per heavy atom. The summed E-state index contributed by atoms with van der Waals surface area (Å²) in [5, 5.41) is 0. The monoisotopic (exact) mass is 204 g/mol. The van der Waals surface area contributed by atoms with Gasteiger partial charge in [-0.3, -0.25) is 4.79 Å². The van der Waals surface area contributed by atoms with Gasteiger partial charge in [0.1, 0.15) is 11.5 Å². The molecule has 0 bridgehead atoms. The first-order chi connectivity index (χ1) is 7.09. The smallest absolute Gasteiger partial charge is 0.250 e. The number of hydrogen-bond acceptors (Lipinski definition) is 4. The lowest BCUT2D eigenvalue weighted by molar-refractivity contribution is -0.112. The molecule has 5 nitrogen and oxygen atoms in total. The number of hydrogen-bond donors (Lipinski definition) is 2. The maximum atomic E-state index is 10.9. The SMILES string of the molecule is C=C(C(N)=O)c1nc(C2CC2)cnc1N. The van der Waals surface area contributed by atoms with Crippen LogP contribution in [0, 0.1) is 0 Å². The number of nitrogen functional groups attached to an aromatic ring is 1. The molecule has 4 N–H and O–H groups in total. The molecule has 1 heterocycles. The molecular formula is C10H12N4O. The summed E-state index contributed by atoms with van der Waals surface area (Å²) < 4.78 is 0. The van der Waals surface area contributed by atoms with E-state index >= 15 is 0 Å². The van der Waals surface area contributed by atoms with E-state index in [1.807, 2.05) is 0 Å². The van der Waals surface area contributed by atoms with Crippen LogP contribution in [0.15, 0.2) is 12.8 Å². The second-order valence-electron chi connectivity index (χ2n) is 3.65. The van der Waals surface area contributed by atoms with E-state index in [1.54, 1.807) is 6.20 Å². The number of aromatic nitrogens is 2. The molecule has 2 rings (SSSR count). The molecule has 1 amide bonds. The fraction of sp³-hybridized carbons (Fsp3) is 0.300. The zero-order valence-electron chi connectivity index (χ0n) is 8.23. The van der Waals surface area contributed by atoms with Crippen molar-refractivity contribution in [2.75, 3.05) is 5.73 Å². The molecule has 1 aromatic rings. The molecule has 15 heavy (non-hydrogen) atoms. The fourth-order valence-electron chi connectivity index (χ4n) is 1.33. The molecule has 5 heteroatoms. The molecule has 0 saturated heterocycles. The number of carbonyl (C=O) groups is 1. The molecule has 78 valence electrons. The second kappa shape index (κ2) is 3.34. The van der Waals surface area contributed by atoms with Crippen LogP contribution in [0.4, 0.5) is 5.82 Å². The predicted octanol–water partition coefficient (Wildman–Crippen LogP) is 0.435. The maximum Gasteiger partial charge on any atom is 0.250 e. The van der Waals surface area contributed by atoms with Gasteiger partial charge in [0.25, 0.3) is 0 Å². The second-order valence-corrected chi connectivity index (χ2v) is 3.65. The summed E-state index contributed by atoms with van der Waals surface area (Å²) in [7, 11) is 0. The minimum atomic E-state index is -0.621. The molecule has 0 radical (unpaired) electrons. The van der Waals surface area contributed by atoms with E-state index in [2.05, 4.69) is 16.5 Å². The van der Waals surface area contributed by atoms with E-state index in [-0.39, 0.29) is 11.4 Å². The summed E-state index contributed by atoms with van der Waals surface area (Å²) in [6.45, 7) is 3.55. The molecule has 0 spiro atoms. The number of amides is 1. The highest BCUT2D eigenvalue weighted by molar-refractivity contribution is 6.18. The van der Waals surface area contributed by atoms with Crippen molar-refractivity contribution in [2.24, 2.45) is 5.73 Å². The zero-order valence-corrected chi connectivity index (χ0v) is 8.23. The van der Waals surface area contributed by atoms with Crippen LogP contribution in [0.25, 0.3) is 5.57 Å². The van der Waals surface area contributed by atoms with Gasteiger partial charge in [-0.15, -0.1) is 0 Å². The van der Waals surface area contributed by atoms with Crippen LogP contribution in [-0.4, -0.2) is 15.9 Å². The minimum absolute atomic E-state index is 0.113. The standard InChI is InChI=1S/C10H12N4O/c1-5(10(12)15)8-9(11)13-4-7(14-8)6-2-3-6/h4,6H,1-3H2,(H2,11,13)(H2,12,15). The Hall–Kier alpha value is -1.91. The van der Waals surface area contributed by atoms with Crippen LogP contribution in [-0.2, 0) is 4.79 Å². The molecule has 1 aliphatic rings. The molecule has 0 aromatic carbocycles. The summed E-state index contributed by atoms with van der Waals surface area (Å²) in [6.07, 6.45) is 3.87. The Morgan fingerprint density at radius 3 is 2.73 bits per heavy atom. The third-order valence-electron chi connectivity index (χ3n) is 2.40. The van der Waals surface area contributed by atoms with E-state index in [9.17, 15) is 4.79 Å². The Morgan fingerprint density at radius 1 is 1.53 bits per heavy atom. The fourth-order valence-corrected chi connectivity index (χ4v) is 1.33. The Kier molecular flexibility index (Phi) is 2.15. The Bertz CT molecular complexity index is 437. The van der Waals surface area contributed by atoms with Crippen molar-refractivity contribution in [1.82, 2.24) is 9.97 Å². The average Bonchev–Trinajstić information content (AvgIpc) is 3.01. The highest BCUT2D eigenvalue weighted by Gasteiger charge is 2.26. The lowest BCUT2D eigenvalue weighted by Crippen LogP contribution is -2.15. The summed E-state index contributed by atoms with van der Waals surface area (Å²) in [5.41, 5.74) is 12.0. The largest absolute Gasteiger partial charge is 0.382 e. The van der Waals surface area contributed by atoms with Crippen LogP contribution >= 0.6 is 0 Å². The number of carbonyl (C=O) groups excluding carboxylic acids is 1. The van der Waals surface area contributed by atoms with Crippen LogP contribution in [0.1, 0.15) is 30.1 Å².